The number of aromatic nitrogens is 1. The van der Waals surface area contributed by atoms with E-state index in [1.807, 2.05) is 42.5 Å². The fraction of sp³-hybridized carbons (Fsp3) is 0.333. The number of pyridine rings is 1. The van der Waals surface area contributed by atoms with Gasteiger partial charge in [0.15, 0.2) is 11.4 Å². The van der Waals surface area contributed by atoms with Crippen molar-refractivity contribution >= 4 is 41.1 Å². The molecule has 2 fully saturated rings. The molecule has 4 heterocycles. The molecular weight excluding hydrogens is 392 g/mol. The lowest BCUT2D eigenvalue weighted by Gasteiger charge is -2.33. The molecule has 7 nitrogen and oxygen atoms in total. The minimum atomic E-state index is -0.367. The summed E-state index contributed by atoms with van der Waals surface area (Å²) in [5, 5.41) is 0.940. The summed E-state index contributed by atoms with van der Waals surface area (Å²) in [4.78, 5) is 23.5. The van der Waals surface area contributed by atoms with E-state index < -0.39 is 0 Å². The molecule has 1 unspecified atom stereocenters. The van der Waals surface area contributed by atoms with Crippen molar-refractivity contribution in [1.82, 2.24) is 9.88 Å². The number of carbonyl (C=O) groups is 1. The van der Waals surface area contributed by atoms with Gasteiger partial charge in [0, 0.05) is 31.6 Å². The van der Waals surface area contributed by atoms with Gasteiger partial charge in [-0.2, -0.15) is 0 Å². The van der Waals surface area contributed by atoms with Crippen molar-refractivity contribution in [2.75, 3.05) is 49.6 Å². The maximum absolute atomic E-state index is 12.6. The van der Waals surface area contributed by atoms with Crippen LogP contribution in [0.15, 0.2) is 53.1 Å². The Morgan fingerprint density at radius 2 is 1.83 bits per heavy atom. The van der Waals surface area contributed by atoms with Crippen molar-refractivity contribution in [3.05, 3.63) is 54.3 Å². The van der Waals surface area contributed by atoms with Crippen LogP contribution in [0.3, 0.4) is 0 Å². The van der Waals surface area contributed by atoms with E-state index in [0.717, 1.165) is 48.5 Å². The summed E-state index contributed by atoms with van der Waals surface area (Å²) >= 11 is 0. The minimum absolute atomic E-state index is 0. The summed E-state index contributed by atoms with van der Waals surface area (Å²) in [6, 6.07) is 13.6. The first-order chi connectivity index (χ1) is 13.7. The summed E-state index contributed by atoms with van der Waals surface area (Å²) in [5.41, 5.74) is 1.75. The number of hydrogen-bond donors (Lipinski definition) is 0. The molecular formula is C21H23ClN4O3. The van der Waals surface area contributed by atoms with Gasteiger partial charge in [0.25, 0.3) is 0 Å². The van der Waals surface area contributed by atoms with Crippen LogP contribution in [0.4, 0.5) is 16.4 Å². The zero-order chi connectivity index (χ0) is 19.1. The third-order valence-electron chi connectivity index (χ3n) is 5.47. The summed E-state index contributed by atoms with van der Waals surface area (Å²) in [7, 11) is 2.12. The fourth-order valence-corrected chi connectivity index (χ4v) is 3.81. The highest BCUT2D eigenvalue weighted by atomic mass is 35.5. The molecule has 1 amide bonds. The zero-order valence-electron chi connectivity index (χ0n) is 16.2. The lowest BCUT2D eigenvalue weighted by atomic mass is 10.1. The number of nitrogens with zero attached hydrogens (tertiary/aromatic N) is 4. The number of benzene rings is 1. The second-order valence-corrected chi connectivity index (χ2v) is 7.33. The number of halogens is 1. The Hall–Kier alpha value is -2.77. The normalized spacial score (nSPS) is 20.0. The Morgan fingerprint density at radius 3 is 2.59 bits per heavy atom. The number of hydrogen-bond acceptors (Lipinski definition) is 6. The Bertz CT molecular complexity index is 1000. The van der Waals surface area contributed by atoms with Gasteiger partial charge in [-0.05, 0) is 24.7 Å². The second kappa shape index (κ2) is 7.93. The minimum Gasteiger partial charge on any atom is -0.460 e. The van der Waals surface area contributed by atoms with Crippen LogP contribution in [0, 0.1) is 0 Å². The zero-order valence-corrected chi connectivity index (χ0v) is 17.0. The van der Waals surface area contributed by atoms with Crippen LogP contribution in [-0.2, 0) is 4.74 Å². The number of ether oxygens (including phenoxy) is 1. The van der Waals surface area contributed by atoms with E-state index in [1.54, 1.807) is 11.2 Å². The van der Waals surface area contributed by atoms with E-state index >= 15 is 0 Å². The number of carbonyl (C=O) groups excluding carboxylic acids is 1. The molecule has 29 heavy (non-hydrogen) atoms. The van der Waals surface area contributed by atoms with Crippen LogP contribution in [0.1, 0.15) is 11.7 Å². The van der Waals surface area contributed by atoms with Crippen molar-refractivity contribution in [2.45, 2.75) is 6.10 Å². The van der Waals surface area contributed by atoms with Gasteiger partial charge in [-0.1, -0.05) is 30.3 Å². The first-order valence-corrected chi connectivity index (χ1v) is 9.54. The second-order valence-electron chi connectivity index (χ2n) is 7.33. The van der Waals surface area contributed by atoms with E-state index in [-0.39, 0.29) is 24.6 Å². The molecule has 5 rings (SSSR count). The van der Waals surface area contributed by atoms with Crippen LogP contribution < -0.4 is 9.80 Å². The number of cyclic esters (lactones) is 1. The fourth-order valence-electron chi connectivity index (χ4n) is 3.81. The third kappa shape index (κ3) is 3.63. The molecule has 1 atom stereocenters. The van der Waals surface area contributed by atoms with Crippen molar-refractivity contribution in [2.24, 2.45) is 0 Å². The molecule has 3 aromatic rings. The van der Waals surface area contributed by atoms with Gasteiger partial charge >= 0.3 is 6.09 Å². The van der Waals surface area contributed by atoms with Crippen molar-refractivity contribution in [1.29, 1.82) is 0 Å². The summed E-state index contributed by atoms with van der Waals surface area (Å²) in [6.45, 7) is 4.13. The van der Waals surface area contributed by atoms with Crippen molar-refractivity contribution < 1.29 is 13.9 Å². The Balaban J connectivity index is 0.00000205. The quantitative estimate of drug-likeness (QED) is 0.651. The van der Waals surface area contributed by atoms with E-state index in [0.29, 0.717) is 12.4 Å². The number of fused-ring (bicyclic) bond motifs is 1. The molecule has 152 valence electrons. The summed E-state index contributed by atoms with van der Waals surface area (Å²) in [6.07, 6.45) is 1.02. The predicted octanol–water partition coefficient (Wildman–Crippen LogP) is 3.70. The molecule has 2 aromatic heterocycles. The predicted molar refractivity (Wildman–Crippen MR) is 114 cm³/mol. The Labute approximate surface area is 175 Å². The van der Waals surface area contributed by atoms with Crippen LogP contribution in [0.2, 0.25) is 0 Å². The number of piperazine rings is 1. The Morgan fingerprint density at radius 1 is 1.07 bits per heavy atom. The lowest BCUT2D eigenvalue weighted by molar-refractivity contribution is 0.142. The van der Waals surface area contributed by atoms with Crippen LogP contribution in [0.5, 0.6) is 0 Å². The van der Waals surface area contributed by atoms with Gasteiger partial charge in [-0.15, -0.1) is 12.4 Å². The maximum Gasteiger partial charge on any atom is 0.416 e. The summed E-state index contributed by atoms with van der Waals surface area (Å²) in [5.74, 6) is 1.40. The number of likely N-dealkylation sites (N-methyl/N-ethyl adjacent to an activating group) is 1. The molecule has 2 aliphatic rings. The van der Waals surface area contributed by atoms with Crippen LogP contribution >= 0.6 is 12.4 Å². The highest BCUT2D eigenvalue weighted by Crippen LogP contribution is 2.34. The molecule has 0 spiro atoms. The topological polar surface area (TPSA) is 62.0 Å². The third-order valence-corrected chi connectivity index (χ3v) is 5.47. The average Bonchev–Trinajstić information content (AvgIpc) is 3.35. The van der Waals surface area contributed by atoms with Gasteiger partial charge in [-0.25, -0.2) is 9.78 Å². The van der Waals surface area contributed by atoms with E-state index in [9.17, 15) is 4.79 Å². The number of amides is 1. The first-order valence-electron chi connectivity index (χ1n) is 9.54. The lowest BCUT2D eigenvalue weighted by Crippen LogP contribution is -2.45. The van der Waals surface area contributed by atoms with Gasteiger partial charge in [0.2, 0.25) is 0 Å². The smallest absolute Gasteiger partial charge is 0.416 e. The highest BCUT2D eigenvalue weighted by molar-refractivity contribution is 5.95. The van der Waals surface area contributed by atoms with Crippen molar-refractivity contribution in [3.63, 3.8) is 0 Å². The molecule has 0 bridgehead atoms. The van der Waals surface area contributed by atoms with E-state index in [2.05, 4.69) is 16.8 Å². The van der Waals surface area contributed by atoms with Crippen LogP contribution in [-0.4, -0.2) is 55.7 Å². The average molecular weight is 415 g/mol. The largest absolute Gasteiger partial charge is 0.460 e. The molecule has 0 N–H and O–H groups in total. The monoisotopic (exact) mass is 414 g/mol. The Kier molecular flexibility index (Phi) is 5.34. The van der Waals surface area contributed by atoms with Gasteiger partial charge in [0.05, 0.1) is 12.8 Å². The van der Waals surface area contributed by atoms with Crippen LogP contribution in [0.25, 0.3) is 11.0 Å². The first kappa shape index (κ1) is 19.5. The molecule has 1 aromatic carbocycles. The van der Waals surface area contributed by atoms with E-state index in [4.69, 9.17) is 14.1 Å². The molecule has 0 aliphatic carbocycles. The highest BCUT2D eigenvalue weighted by Gasteiger charge is 2.35. The van der Waals surface area contributed by atoms with Gasteiger partial charge in [-0.3, -0.25) is 4.90 Å². The molecule has 0 radical (unpaired) electrons. The summed E-state index contributed by atoms with van der Waals surface area (Å²) < 4.78 is 11.3. The number of rotatable bonds is 3. The van der Waals surface area contributed by atoms with E-state index in [1.165, 1.54) is 0 Å². The molecule has 0 saturated carbocycles. The standard InChI is InChI=1S/C21H22N4O3.ClH/c1-23-8-10-24(11-9-23)20-19-16(7-12-27-19)13-18(22-20)25-14-17(28-21(25)26)15-5-3-2-4-6-15;/h2-7,12-13,17H,8-11,14H2,1H3;1H. The van der Waals surface area contributed by atoms with Gasteiger partial charge < -0.3 is 19.0 Å². The molecule has 2 aliphatic heterocycles. The SMILES string of the molecule is CN1CCN(c2nc(N3CC(c4ccccc4)OC3=O)cc3ccoc23)CC1.Cl. The van der Waals surface area contributed by atoms with Crippen molar-refractivity contribution in [3.8, 4) is 0 Å². The maximum atomic E-state index is 12.6. The number of anilines is 2. The van der Waals surface area contributed by atoms with Gasteiger partial charge in [0.1, 0.15) is 11.9 Å². The molecule has 8 heteroatoms. The molecule has 2 saturated heterocycles. The number of furan rings is 1.